The molecule has 0 radical (unpaired) electrons. The van der Waals surface area contributed by atoms with Crippen molar-refractivity contribution in [3.8, 4) is 0 Å². The number of methoxy groups -OCH3 is 1. The highest BCUT2D eigenvalue weighted by atomic mass is 16.5. The summed E-state index contributed by atoms with van der Waals surface area (Å²) in [7, 11) is 1.73. The summed E-state index contributed by atoms with van der Waals surface area (Å²) in [5.74, 6) is 0. The molecule has 3 heteroatoms. The van der Waals surface area contributed by atoms with Crippen LogP contribution in [0.2, 0.25) is 0 Å². The van der Waals surface area contributed by atoms with Crippen LogP contribution in [-0.4, -0.2) is 25.9 Å². The summed E-state index contributed by atoms with van der Waals surface area (Å²) in [5.41, 5.74) is 11.1. The monoisotopic (exact) mass is 279 g/mol. The zero-order chi connectivity index (χ0) is 15.3. The zero-order valence-corrected chi connectivity index (χ0v) is 13.7. The van der Waals surface area contributed by atoms with Crippen molar-refractivity contribution in [1.29, 1.82) is 0 Å². The van der Waals surface area contributed by atoms with Crippen LogP contribution in [0, 0.1) is 20.8 Å². The molecule has 20 heavy (non-hydrogen) atoms. The van der Waals surface area contributed by atoms with E-state index in [1.807, 2.05) is 0 Å². The smallest absolute Gasteiger partial charge is 0.0659 e. The SMILES string of the molecule is COC(C)(C)CCOCC(N)c1c(C)cc(C)cc1C. The molecule has 1 aromatic rings. The number of aryl methyl sites for hydroxylation is 3. The normalized spacial score (nSPS) is 13.6. The van der Waals surface area contributed by atoms with Gasteiger partial charge in [-0.1, -0.05) is 17.7 Å². The second-order valence-electron chi connectivity index (χ2n) is 6.21. The fourth-order valence-corrected chi connectivity index (χ4v) is 2.49. The van der Waals surface area contributed by atoms with Gasteiger partial charge in [0.05, 0.1) is 18.2 Å². The first-order valence-corrected chi connectivity index (χ1v) is 7.23. The van der Waals surface area contributed by atoms with Gasteiger partial charge in [0.2, 0.25) is 0 Å². The minimum atomic E-state index is -0.139. The Balaban J connectivity index is 2.54. The van der Waals surface area contributed by atoms with Crippen LogP contribution in [0.5, 0.6) is 0 Å². The number of hydrogen-bond acceptors (Lipinski definition) is 3. The molecule has 1 aromatic carbocycles. The van der Waals surface area contributed by atoms with Gasteiger partial charge in [-0.15, -0.1) is 0 Å². The quantitative estimate of drug-likeness (QED) is 0.778. The molecular formula is C17H29NO2. The number of rotatable bonds is 7. The molecule has 1 rings (SSSR count). The highest BCUT2D eigenvalue weighted by Gasteiger charge is 2.17. The van der Waals surface area contributed by atoms with Crippen molar-refractivity contribution in [1.82, 2.24) is 0 Å². The van der Waals surface area contributed by atoms with Gasteiger partial charge in [-0.05, 0) is 57.7 Å². The van der Waals surface area contributed by atoms with Crippen LogP contribution in [0.1, 0.15) is 48.6 Å². The third kappa shape index (κ3) is 4.89. The van der Waals surface area contributed by atoms with Crippen LogP contribution >= 0.6 is 0 Å². The largest absolute Gasteiger partial charge is 0.379 e. The number of hydrogen-bond donors (Lipinski definition) is 1. The molecule has 0 aromatic heterocycles. The summed E-state index contributed by atoms with van der Waals surface area (Å²) in [6.07, 6.45) is 0.863. The second kappa shape index (κ2) is 7.21. The van der Waals surface area contributed by atoms with E-state index in [0.29, 0.717) is 13.2 Å². The molecule has 0 aliphatic carbocycles. The Labute approximate surface area is 123 Å². The van der Waals surface area contributed by atoms with E-state index in [1.165, 1.54) is 22.3 Å². The van der Waals surface area contributed by atoms with Gasteiger partial charge in [-0.25, -0.2) is 0 Å². The average Bonchev–Trinajstić information content (AvgIpc) is 2.33. The highest BCUT2D eigenvalue weighted by molar-refractivity contribution is 5.39. The molecule has 0 heterocycles. The van der Waals surface area contributed by atoms with E-state index >= 15 is 0 Å². The van der Waals surface area contributed by atoms with Gasteiger partial charge in [0.25, 0.3) is 0 Å². The Morgan fingerprint density at radius 2 is 1.70 bits per heavy atom. The molecule has 1 unspecified atom stereocenters. The maximum absolute atomic E-state index is 6.27. The lowest BCUT2D eigenvalue weighted by atomic mass is 9.95. The minimum absolute atomic E-state index is 0.0683. The van der Waals surface area contributed by atoms with Crippen LogP contribution in [0.25, 0.3) is 0 Å². The van der Waals surface area contributed by atoms with Gasteiger partial charge < -0.3 is 15.2 Å². The molecule has 0 amide bonds. The molecule has 0 bridgehead atoms. The molecule has 0 spiro atoms. The van der Waals surface area contributed by atoms with Crippen molar-refractivity contribution in [3.63, 3.8) is 0 Å². The van der Waals surface area contributed by atoms with Crippen molar-refractivity contribution in [3.05, 3.63) is 34.4 Å². The number of nitrogens with two attached hydrogens (primary N) is 1. The average molecular weight is 279 g/mol. The van der Waals surface area contributed by atoms with Gasteiger partial charge in [0.15, 0.2) is 0 Å². The molecular weight excluding hydrogens is 250 g/mol. The van der Waals surface area contributed by atoms with Crippen molar-refractivity contribution < 1.29 is 9.47 Å². The second-order valence-corrected chi connectivity index (χ2v) is 6.21. The fourth-order valence-electron chi connectivity index (χ4n) is 2.49. The number of benzene rings is 1. The summed E-state index contributed by atoms with van der Waals surface area (Å²) in [6.45, 7) is 11.7. The van der Waals surface area contributed by atoms with E-state index in [0.717, 1.165) is 6.42 Å². The van der Waals surface area contributed by atoms with Crippen LogP contribution in [0.15, 0.2) is 12.1 Å². The summed E-state index contributed by atoms with van der Waals surface area (Å²) >= 11 is 0. The summed E-state index contributed by atoms with van der Waals surface area (Å²) in [6, 6.07) is 4.29. The Kier molecular flexibility index (Phi) is 6.18. The lowest BCUT2D eigenvalue weighted by Crippen LogP contribution is -2.26. The van der Waals surface area contributed by atoms with Crippen LogP contribution in [0.3, 0.4) is 0 Å². The zero-order valence-electron chi connectivity index (χ0n) is 13.7. The minimum Gasteiger partial charge on any atom is -0.379 e. The van der Waals surface area contributed by atoms with Crippen LogP contribution < -0.4 is 5.73 Å². The van der Waals surface area contributed by atoms with E-state index in [1.54, 1.807) is 7.11 Å². The van der Waals surface area contributed by atoms with Crippen LogP contribution in [-0.2, 0) is 9.47 Å². The van der Waals surface area contributed by atoms with Crippen molar-refractivity contribution in [2.75, 3.05) is 20.3 Å². The maximum Gasteiger partial charge on any atom is 0.0659 e. The van der Waals surface area contributed by atoms with Gasteiger partial charge in [0, 0.05) is 13.7 Å². The summed E-state index contributed by atoms with van der Waals surface area (Å²) in [5, 5.41) is 0. The molecule has 0 aliphatic rings. The van der Waals surface area contributed by atoms with E-state index < -0.39 is 0 Å². The third-order valence-electron chi connectivity index (χ3n) is 3.81. The molecule has 2 N–H and O–H groups in total. The molecule has 114 valence electrons. The Bertz CT molecular complexity index is 418. The molecule has 1 atom stereocenters. The summed E-state index contributed by atoms with van der Waals surface area (Å²) < 4.78 is 11.1. The van der Waals surface area contributed by atoms with Crippen LogP contribution in [0.4, 0.5) is 0 Å². The lowest BCUT2D eigenvalue weighted by Gasteiger charge is -2.23. The molecule has 0 aliphatic heterocycles. The first-order chi connectivity index (χ1) is 9.26. The predicted molar refractivity (Wildman–Crippen MR) is 84.1 cm³/mol. The molecule has 0 saturated heterocycles. The highest BCUT2D eigenvalue weighted by Crippen LogP contribution is 2.22. The van der Waals surface area contributed by atoms with Gasteiger partial charge in [-0.3, -0.25) is 0 Å². The Morgan fingerprint density at radius 3 is 2.20 bits per heavy atom. The van der Waals surface area contributed by atoms with Gasteiger partial charge in [0.1, 0.15) is 0 Å². The molecule has 0 fully saturated rings. The first-order valence-electron chi connectivity index (χ1n) is 7.23. The topological polar surface area (TPSA) is 44.5 Å². The standard InChI is InChI=1S/C17H29NO2/c1-12-9-13(2)16(14(3)10-12)15(18)11-20-8-7-17(4,5)19-6/h9-10,15H,7-8,11,18H2,1-6H3. The van der Waals surface area contributed by atoms with Crippen molar-refractivity contribution in [2.45, 2.75) is 52.7 Å². The maximum atomic E-state index is 6.27. The fraction of sp³-hybridized carbons (Fsp3) is 0.647. The van der Waals surface area contributed by atoms with Crippen molar-refractivity contribution >= 4 is 0 Å². The van der Waals surface area contributed by atoms with E-state index in [2.05, 4.69) is 46.8 Å². The third-order valence-corrected chi connectivity index (χ3v) is 3.81. The molecule has 0 saturated carbocycles. The predicted octanol–water partition coefficient (Wildman–Crippen LogP) is 3.44. The first kappa shape index (κ1) is 17.2. The van der Waals surface area contributed by atoms with E-state index in [4.69, 9.17) is 15.2 Å². The summed E-state index contributed by atoms with van der Waals surface area (Å²) in [4.78, 5) is 0. The molecule has 3 nitrogen and oxygen atoms in total. The van der Waals surface area contributed by atoms with Crippen molar-refractivity contribution in [2.24, 2.45) is 5.73 Å². The van der Waals surface area contributed by atoms with Gasteiger partial charge in [-0.2, -0.15) is 0 Å². The number of ether oxygens (including phenoxy) is 2. The lowest BCUT2D eigenvalue weighted by molar-refractivity contribution is -0.0114. The van der Waals surface area contributed by atoms with E-state index in [9.17, 15) is 0 Å². The Morgan fingerprint density at radius 1 is 1.15 bits per heavy atom. The van der Waals surface area contributed by atoms with Gasteiger partial charge >= 0.3 is 0 Å². The Hall–Kier alpha value is -0.900. The van der Waals surface area contributed by atoms with E-state index in [-0.39, 0.29) is 11.6 Å².